The lowest BCUT2D eigenvalue weighted by Crippen LogP contribution is -2.13. The van der Waals surface area contributed by atoms with Crippen LogP contribution in [0.5, 0.6) is 0 Å². The molecule has 1 amide bonds. The molecular weight excluding hydrogens is 374 g/mol. The van der Waals surface area contributed by atoms with Gasteiger partial charge in [-0.05, 0) is 59.3 Å². The highest BCUT2D eigenvalue weighted by Gasteiger charge is 2.16. The van der Waals surface area contributed by atoms with Gasteiger partial charge in [0.05, 0.1) is 12.0 Å². The van der Waals surface area contributed by atoms with Crippen LogP contribution in [0.25, 0.3) is 5.69 Å². The van der Waals surface area contributed by atoms with Crippen molar-refractivity contribution < 1.29 is 9.21 Å². The van der Waals surface area contributed by atoms with Crippen molar-refractivity contribution >= 4 is 23.4 Å². The van der Waals surface area contributed by atoms with Crippen LogP contribution < -0.4 is 5.32 Å². The van der Waals surface area contributed by atoms with Crippen LogP contribution in [-0.4, -0.2) is 26.1 Å². The van der Waals surface area contributed by atoms with Gasteiger partial charge < -0.3 is 9.73 Å². The Morgan fingerprint density at radius 1 is 1.18 bits per heavy atom. The van der Waals surface area contributed by atoms with Crippen LogP contribution in [0, 0.1) is 6.92 Å². The monoisotopic (exact) mass is 391 g/mol. The van der Waals surface area contributed by atoms with Crippen molar-refractivity contribution in [1.29, 1.82) is 0 Å². The van der Waals surface area contributed by atoms with Crippen LogP contribution in [0.2, 0.25) is 0 Å². The van der Waals surface area contributed by atoms with Gasteiger partial charge in [0.2, 0.25) is 0 Å². The smallest absolute Gasteiger partial charge is 0.291 e. The Bertz CT molecular complexity index is 1080. The van der Waals surface area contributed by atoms with Crippen LogP contribution in [0.15, 0.2) is 76.5 Å². The molecule has 0 unspecified atom stereocenters. The van der Waals surface area contributed by atoms with Gasteiger partial charge in [0, 0.05) is 21.9 Å². The first-order chi connectivity index (χ1) is 13.7. The van der Waals surface area contributed by atoms with Crippen molar-refractivity contribution in [2.75, 3.05) is 5.32 Å². The lowest BCUT2D eigenvalue weighted by atomic mass is 10.1. The maximum Gasteiger partial charge on any atom is 0.291 e. The van der Waals surface area contributed by atoms with Crippen molar-refractivity contribution in [3.63, 3.8) is 0 Å². The van der Waals surface area contributed by atoms with E-state index >= 15 is 0 Å². The van der Waals surface area contributed by atoms with Crippen LogP contribution in [0.4, 0.5) is 5.69 Å². The van der Waals surface area contributed by atoms with Crippen LogP contribution >= 0.6 is 11.8 Å². The highest BCUT2D eigenvalue weighted by molar-refractivity contribution is 7.98. The minimum absolute atomic E-state index is 0.275. The van der Waals surface area contributed by atoms with Crippen molar-refractivity contribution in [2.45, 2.75) is 17.6 Å². The van der Waals surface area contributed by atoms with Gasteiger partial charge in [0.1, 0.15) is 6.33 Å². The fourth-order valence-electron chi connectivity index (χ4n) is 2.78. The number of hydrogen-bond acceptors (Lipinski definition) is 6. The predicted octanol–water partition coefficient (Wildman–Crippen LogP) is 4.11. The van der Waals surface area contributed by atoms with E-state index < -0.39 is 0 Å². The molecule has 0 fully saturated rings. The molecule has 2 aromatic carbocycles. The van der Waals surface area contributed by atoms with E-state index in [0.29, 0.717) is 17.2 Å². The second kappa shape index (κ2) is 8.10. The maximum atomic E-state index is 12.7. The summed E-state index contributed by atoms with van der Waals surface area (Å²) in [5, 5.41) is 14.1. The number of anilines is 1. The quantitative estimate of drug-likeness (QED) is 0.498. The number of aromatic nitrogens is 4. The largest absolute Gasteiger partial charge is 0.459 e. The van der Waals surface area contributed by atoms with Gasteiger partial charge in [-0.15, -0.1) is 16.9 Å². The number of rotatable bonds is 6. The lowest BCUT2D eigenvalue weighted by Gasteiger charge is -2.09. The third-order valence-corrected chi connectivity index (χ3v) is 5.20. The molecule has 0 saturated carbocycles. The van der Waals surface area contributed by atoms with Gasteiger partial charge in [-0.3, -0.25) is 4.79 Å². The number of aryl methyl sites for hydroxylation is 1. The van der Waals surface area contributed by atoms with Crippen LogP contribution in [0.3, 0.4) is 0 Å². The summed E-state index contributed by atoms with van der Waals surface area (Å²) < 4.78 is 7.02. The average molecular weight is 391 g/mol. The van der Waals surface area contributed by atoms with Gasteiger partial charge in [0.25, 0.3) is 5.91 Å². The fraction of sp³-hybridized carbons (Fsp3) is 0.100. The minimum Gasteiger partial charge on any atom is -0.459 e. The SMILES string of the molecule is Cc1cc(NC(=O)c2occc2CSc2ccccc2)ccc1-n1cnnn1. The Labute approximate surface area is 165 Å². The summed E-state index contributed by atoms with van der Waals surface area (Å²) in [6, 6.07) is 17.4. The normalized spacial score (nSPS) is 10.8. The first-order valence-corrected chi connectivity index (χ1v) is 9.59. The summed E-state index contributed by atoms with van der Waals surface area (Å²) >= 11 is 1.66. The van der Waals surface area contributed by atoms with E-state index in [-0.39, 0.29) is 5.91 Å². The highest BCUT2D eigenvalue weighted by atomic mass is 32.2. The van der Waals surface area contributed by atoms with Crippen molar-refractivity contribution in [1.82, 2.24) is 20.2 Å². The first-order valence-electron chi connectivity index (χ1n) is 8.60. The molecule has 8 heteroatoms. The van der Waals surface area contributed by atoms with Gasteiger partial charge >= 0.3 is 0 Å². The summed E-state index contributed by atoms with van der Waals surface area (Å²) in [5.74, 6) is 0.703. The van der Waals surface area contributed by atoms with Gasteiger partial charge in [0.15, 0.2) is 5.76 Å². The van der Waals surface area contributed by atoms with Crippen LogP contribution in [-0.2, 0) is 5.75 Å². The summed E-state index contributed by atoms with van der Waals surface area (Å²) in [5.41, 5.74) is 3.32. The molecule has 1 N–H and O–H groups in total. The summed E-state index contributed by atoms with van der Waals surface area (Å²) in [7, 11) is 0. The number of amides is 1. The standard InChI is InChI=1S/C20H17N5O2S/c1-14-11-16(7-8-18(14)25-13-21-23-24-25)22-20(26)19-15(9-10-27-19)12-28-17-5-3-2-4-6-17/h2-11,13H,12H2,1H3,(H,22,26). The Balaban J connectivity index is 1.46. The van der Waals surface area contributed by atoms with Crippen molar-refractivity contribution in [3.05, 3.63) is 84.1 Å². The Hall–Kier alpha value is -3.39. The Morgan fingerprint density at radius 3 is 2.79 bits per heavy atom. The molecule has 0 aliphatic rings. The molecule has 0 bridgehead atoms. The van der Waals surface area contributed by atoms with Crippen molar-refractivity contribution in [2.24, 2.45) is 0 Å². The molecule has 2 heterocycles. The summed E-state index contributed by atoms with van der Waals surface area (Å²) in [6.07, 6.45) is 3.07. The fourth-order valence-corrected chi connectivity index (χ4v) is 3.68. The molecule has 4 rings (SSSR count). The van der Waals surface area contributed by atoms with E-state index in [1.165, 1.54) is 6.33 Å². The van der Waals surface area contributed by atoms with Gasteiger partial charge in [-0.2, -0.15) is 0 Å². The molecule has 4 aromatic rings. The molecule has 0 radical (unpaired) electrons. The van der Waals surface area contributed by atoms with E-state index in [1.807, 2.05) is 61.5 Å². The molecule has 140 valence electrons. The third-order valence-electron chi connectivity index (χ3n) is 4.14. The number of nitrogens with one attached hydrogen (secondary N) is 1. The predicted molar refractivity (Wildman–Crippen MR) is 107 cm³/mol. The lowest BCUT2D eigenvalue weighted by molar-refractivity contribution is 0.0996. The Kier molecular flexibility index (Phi) is 5.20. The van der Waals surface area contributed by atoms with E-state index in [9.17, 15) is 4.79 Å². The molecular formula is C20H17N5O2S. The van der Waals surface area contributed by atoms with Crippen LogP contribution in [0.1, 0.15) is 21.7 Å². The zero-order valence-corrected chi connectivity index (χ0v) is 15.9. The molecule has 7 nitrogen and oxygen atoms in total. The molecule has 2 aromatic heterocycles. The van der Waals surface area contributed by atoms with E-state index in [2.05, 4.69) is 20.8 Å². The summed E-state index contributed by atoms with van der Waals surface area (Å²) in [4.78, 5) is 13.8. The highest BCUT2D eigenvalue weighted by Crippen LogP contribution is 2.26. The average Bonchev–Trinajstić information content (AvgIpc) is 3.39. The number of furan rings is 1. The van der Waals surface area contributed by atoms with Gasteiger partial charge in [-0.1, -0.05) is 18.2 Å². The molecule has 0 aliphatic carbocycles. The zero-order valence-electron chi connectivity index (χ0n) is 15.1. The first kappa shape index (κ1) is 18.0. The third kappa shape index (κ3) is 3.96. The second-order valence-corrected chi connectivity index (χ2v) is 7.14. The number of thioether (sulfide) groups is 1. The molecule has 0 spiro atoms. The van der Waals surface area contributed by atoms with E-state index in [1.54, 1.807) is 22.7 Å². The van der Waals surface area contributed by atoms with E-state index in [4.69, 9.17) is 4.42 Å². The summed E-state index contributed by atoms with van der Waals surface area (Å²) in [6.45, 7) is 1.93. The number of carbonyl (C=O) groups is 1. The Morgan fingerprint density at radius 2 is 2.04 bits per heavy atom. The molecule has 0 aliphatic heterocycles. The number of nitrogens with zero attached hydrogens (tertiary/aromatic N) is 4. The number of tetrazole rings is 1. The number of carbonyl (C=O) groups excluding carboxylic acids is 1. The maximum absolute atomic E-state index is 12.7. The minimum atomic E-state index is -0.275. The van der Waals surface area contributed by atoms with E-state index in [0.717, 1.165) is 21.7 Å². The molecule has 28 heavy (non-hydrogen) atoms. The number of benzene rings is 2. The molecule has 0 saturated heterocycles. The zero-order chi connectivity index (χ0) is 19.3. The topological polar surface area (TPSA) is 85.8 Å². The number of hydrogen-bond donors (Lipinski definition) is 1. The van der Waals surface area contributed by atoms with Crippen molar-refractivity contribution in [3.8, 4) is 5.69 Å². The second-order valence-electron chi connectivity index (χ2n) is 6.09. The molecule has 0 atom stereocenters. The van der Waals surface area contributed by atoms with Gasteiger partial charge in [-0.25, -0.2) is 4.68 Å².